The lowest BCUT2D eigenvalue weighted by Gasteiger charge is -2.30. The summed E-state index contributed by atoms with van der Waals surface area (Å²) >= 11 is 5.93. The molecule has 130 valence electrons. The van der Waals surface area contributed by atoms with Crippen molar-refractivity contribution in [1.82, 2.24) is 4.31 Å². The summed E-state index contributed by atoms with van der Waals surface area (Å²) in [6.07, 6.45) is 0.648. The smallest absolute Gasteiger partial charge is 0.243 e. The maximum Gasteiger partial charge on any atom is 0.243 e. The summed E-state index contributed by atoms with van der Waals surface area (Å²) in [5.41, 5.74) is 1.02. The number of carbonyl (C=O) groups excluding carboxylic acids is 1. The van der Waals surface area contributed by atoms with Crippen LogP contribution in [-0.2, 0) is 14.8 Å². The van der Waals surface area contributed by atoms with Crippen LogP contribution in [0.2, 0.25) is 0 Å². The molecule has 2 aromatic carbocycles. The minimum absolute atomic E-state index is 0.0112. The van der Waals surface area contributed by atoms with Gasteiger partial charge in [0.15, 0.2) is 0 Å². The molecule has 4 nitrogen and oxygen atoms in total. The Morgan fingerprint density at radius 2 is 1.76 bits per heavy atom. The van der Waals surface area contributed by atoms with Gasteiger partial charge in [0.1, 0.15) is 0 Å². The number of rotatable bonds is 4. The van der Waals surface area contributed by atoms with E-state index < -0.39 is 26.7 Å². The van der Waals surface area contributed by atoms with Gasteiger partial charge in [-0.25, -0.2) is 8.42 Å². The van der Waals surface area contributed by atoms with Gasteiger partial charge in [-0.2, -0.15) is 4.31 Å². The average molecular weight is 376 g/mol. The highest BCUT2D eigenvalue weighted by Gasteiger charge is 2.72. The zero-order valence-corrected chi connectivity index (χ0v) is 15.3. The number of fused-ring (bicyclic) bond motifs is 1. The van der Waals surface area contributed by atoms with Gasteiger partial charge in [0, 0.05) is 6.54 Å². The Kier molecular flexibility index (Phi) is 3.79. The summed E-state index contributed by atoms with van der Waals surface area (Å²) in [6.45, 7) is 2.24. The third-order valence-corrected chi connectivity index (χ3v) is 7.63. The van der Waals surface area contributed by atoms with Gasteiger partial charge in [0.25, 0.3) is 0 Å². The van der Waals surface area contributed by atoms with E-state index in [0.717, 1.165) is 11.1 Å². The van der Waals surface area contributed by atoms with Gasteiger partial charge in [-0.05, 0) is 48.6 Å². The first kappa shape index (κ1) is 16.8. The Hall–Kier alpha value is -1.69. The largest absolute Gasteiger partial charge is 0.281 e. The number of aryl methyl sites for hydroxylation is 1. The zero-order valence-electron chi connectivity index (χ0n) is 13.7. The molecule has 3 unspecified atom stereocenters. The highest BCUT2D eigenvalue weighted by Crippen LogP contribution is 2.69. The van der Waals surface area contributed by atoms with Crippen molar-refractivity contribution in [3.05, 3.63) is 65.7 Å². The summed E-state index contributed by atoms with van der Waals surface area (Å²) in [5, 5.41) is -0.437. The fraction of sp³-hybridized carbons (Fsp3) is 0.316. The molecule has 3 atom stereocenters. The van der Waals surface area contributed by atoms with E-state index >= 15 is 0 Å². The normalized spacial score (nSPS) is 28.6. The van der Waals surface area contributed by atoms with E-state index in [1.165, 1.54) is 4.31 Å². The van der Waals surface area contributed by atoms with Crippen molar-refractivity contribution in [2.75, 3.05) is 6.54 Å². The van der Waals surface area contributed by atoms with Crippen molar-refractivity contribution < 1.29 is 13.2 Å². The average Bonchev–Trinajstić information content (AvgIpc) is 3.22. The molecule has 0 spiro atoms. The van der Waals surface area contributed by atoms with Gasteiger partial charge in [0.05, 0.1) is 16.4 Å². The van der Waals surface area contributed by atoms with Crippen LogP contribution in [0.1, 0.15) is 23.6 Å². The second kappa shape index (κ2) is 5.66. The summed E-state index contributed by atoms with van der Waals surface area (Å²) in [5.74, 6) is -0.0112. The quantitative estimate of drug-likeness (QED) is 0.768. The Bertz CT molecular complexity index is 927. The van der Waals surface area contributed by atoms with Crippen LogP contribution in [-0.4, -0.2) is 24.5 Å². The standard InChI is InChI=1S/C19H18ClNO3S/c1-13-7-9-16(10-8-13)25(23,24)21-12-15-11-19(15,18(20)22)17(21)14-5-3-2-4-6-14/h2-10,15,17H,11-12H2,1H3. The van der Waals surface area contributed by atoms with Crippen molar-refractivity contribution in [2.24, 2.45) is 11.3 Å². The van der Waals surface area contributed by atoms with E-state index in [4.69, 9.17) is 11.6 Å². The first-order valence-corrected chi connectivity index (χ1v) is 10.0. The van der Waals surface area contributed by atoms with Crippen molar-refractivity contribution in [2.45, 2.75) is 24.3 Å². The van der Waals surface area contributed by atoms with E-state index in [9.17, 15) is 13.2 Å². The van der Waals surface area contributed by atoms with Crippen LogP contribution >= 0.6 is 11.6 Å². The van der Waals surface area contributed by atoms with Crippen LogP contribution in [0, 0.1) is 18.3 Å². The molecule has 0 aromatic heterocycles. The number of hydrogen-bond acceptors (Lipinski definition) is 3. The van der Waals surface area contributed by atoms with E-state index in [-0.39, 0.29) is 10.8 Å². The van der Waals surface area contributed by atoms with Crippen LogP contribution in [0.5, 0.6) is 0 Å². The first-order chi connectivity index (χ1) is 11.9. The van der Waals surface area contributed by atoms with Gasteiger partial charge in [-0.1, -0.05) is 48.0 Å². The molecule has 1 heterocycles. The number of piperidine rings is 1. The van der Waals surface area contributed by atoms with Crippen molar-refractivity contribution in [3.63, 3.8) is 0 Å². The number of carbonyl (C=O) groups is 1. The zero-order chi connectivity index (χ0) is 17.8. The number of benzene rings is 2. The third-order valence-electron chi connectivity index (χ3n) is 5.44. The molecule has 0 bridgehead atoms. The molecular weight excluding hydrogens is 358 g/mol. The van der Waals surface area contributed by atoms with E-state index in [1.807, 2.05) is 37.3 Å². The van der Waals surface area contributed by atoms with Crippen LogP contribution < -0.4 is 0 Å². The molecular formula is C19H18ClNO3S. The lowest BCUT2D eigenvalue weighted by atomic mass is 9.92. The predicted molar refractivity (Wildman–Crippen MR) is 95.7 cm³/mol. The minimum atomic E-state index is -3.70. The Morgan fingerprint density at radius 1 is 1.12 bits per heavy atom. The molecule has 0 amide bonds. The lowest BCUT2D eigenvalue weighted by Crippen LogP contribution is -2.36. The molecule has 1 saturated heterocycles. The third kappa shape index (κ3) is 2.45. The van der Waals surface area contributed by atoms with Crippen molar-refractivity contribution in [1.29, 1.82) is 0 Å². The van der Waals surface area contributed by atoms with Crippen molar-refractivity contribution >= 4 is 26.9 Å². The topological polar surface area (TPSA) is 54.5 Å². The molecule has 1 aliphatic carbocycles. The molecule has 2 aromatic rings. The van der Waals surface area contributed by atoms with Gasteiger partial charge in [0.2, 0.25) is 15.3 Å². The highest BCUT2D eigenvalue weighted by atomic mass is 35.5. The number of nitrogens with zero attached hydrogens (tertiary/aromatic N) is 1. The van der Waals surface area contributed by atoms with E-state index in [0.29, 0.717) is 13.0 Å². The fourth-order valence-corrected chi connectivity index (χ4v) is 6.07. The maximum absolute atomic E-state index is 13.2. The number of halogens is 1. The van der Waals surface area contributed by atoms with Crippen LogP contribution in [0.15, 0.2) is 59.5 Å². The van der Waals surface area contributed by atoms with Gasteiger partial charge in [-0.3, -0.25) is 4.79 Å². The summed E-state index contributed by atoms with van der Waals surface area (Å²) in [4.78, 5) is 12.4. The molecule has 6 heteroatoms. The van der Waals surface area contributed by atoms with Crippen LogP contribution in [0.25, 0.3) is 0 Å². The molecule has 4 rings (SSSR count). The van der Waals surface area contributed by atoms with E-state index in [2.05, 4.69) is 0 Å². The van der Waals surface area contributed by atoms with Crippen molar-refractivity contribution in [3.8, 4) is 0 Å². The highest BCUT2D eigenvalue weighted by molar-refractivity contribution is 7.89. The molecule has 0 N–H and O–H groups in total. The second-order valence-corrected chi connectivity index (χ2v) is 9.15. The number of sulfonamides is 1. The first-order valence-electron chi connectivity index (χ1n) is 8.21. The summed E-state index contributed by atoms with van der Waals surface area (Å²) < 4.78 is 27.9. The molecule has 2 aliphatic rings. The predicted octanol–water partition coefficient (Wildman–Crippen LogP) is 3.51. The maximum atomic E-state index is 13.2. The van der Waals surface area contributed by atoms with Gasteiger partial charge < -0.3 is 0 Å². The SMILES string of the molecule is Cc1ccc(S(=O)(=O)N2CC3CC3(C(=O)Cl)C2c2ccccc2)cc1. The molecule has 1 saturated carbocycles. The second-order valence-electron chi connectivity index (χ2n) is 6.92. The van der Waals surface area contributed by atoms with Crippen LogP contribution in [0.3, 0.4) is 0 Å². The van der Waals surface area contributed by atoms with E-state index in [1.54, 1.807) is 24.3 Å². The molecule has 2 fully saturated rings. The summed E-state index contributed by atoms with van der Waals surface area (Å²) in [7, 11) is -3.70. The molecule has 0 radical (unpaired) electrons. The minimum Gasteiger partial charge on any atom is -0.281 e. The summed E-state index contributed by atoms with van der Waals surface area (Å²) in [6, 6.07) is 15.6. The Labute approximate surface area is 152 Å². The van der Waals surface area contributed by atoms with Crippen LogP contribution in [0.4, 0.5) is 0 Å². The van der Waals surface area contributed by atoms with Gasteiger partial charge in [-0.15, -0.1) is 0 Å². The monoisotopic (exact) mass is 375 g/mol. The molecule has 25 heavy (non-hydrogen) atoms. The number of hydrogen-bond donors (Lipinski definition) is 0. The Balaban J connectivity index is 1.81. The lowest BCUT2D eigenvalue weighted by molar-refractivity contribution is -0.117. The molecule has 1 aliphatic heterocycles. The Morgan fingerprint density at radius 3 is 2.36 bits per heavy atom. The van der Waals surface area contributed by atoms with Gasteiger partial charge >= 0.3 is 0 Å². The fourth-order valence-electron chi connectivity index (χ4n) is 4.02.